The zero-order valence-electron chi connectivity index (χ0n) is 13.1. The number of esters is 1. The molecule has 0 N–H and O–H groups in total. The van der Waals surface area contributed by atoms with Crippen LogP contribution >= 0.6 is 0 Å². The monoisotopic (exact) mass is 309 g/mol. The lowest BCUT2D eigenvalue weighted by Crippen LogP contribution is -2.41. The van der Waals surface area contributed by atoms with E-state index in [0.29, 0.717) is 18.5 Å². The summed E-state index contributed by atoms with van der Waals surface area (Å²) in [5.41, 5.74) is 2.77. The summed E-state index contributed by atoms with van der Waals surface area (Å²) >= 11 is 0. The van der Waals surface area contributed by atoms with Crippen LogP contribution in [0.2, 0.25) is 0 Å². The Morgan fingerprint density at radius 2 is 1.65 bits per heavy atom. The number of nitrogens with zero attached hydrogens (tertiary/aromatic N) is 1. The molecule has 1 atom stereocenters. The van der Waals surface area contributed by atoms with Crippen molar-refractivity contribution in [1.82, 2.24) is 4.90 Å². The van der Waals surface area contributed by atoms with Gasteiger partial charge in [-0.2, -0.15) is 0 Å². The van der Waals surface area contributed by atoms with Crippen LogP contribution in [0.15, 0.2) is 54.6 Å². The summed E-state index contributed by atoms with van der Waals surface area (Å²) in [6.07, 6.45) is 1.49. The minimum Gasteiger partial charge on any atom is -0.467 e. The zero-order valence-corrected chi connectivity index (χ0v) is 13.1. The SMILES string of the molecule is COC(=O)[C@@H]1CCCN1C(=O)c1ccc(-c2ccccc2)cc1. The molecule has 2 aromatic carbocycles. The maximum atomic E-state index is 12.6. The molecule has 1 saturated heterocycles. The lowest BCUT2D eigenvalue weighted by Gasteiger charge is -2.22. The first-order valence-electron chi connectivity index (χ1n) is 7.75. The first-order valence-corrected chi connectivity index (χ1v) is 7.75. The number of ether oxygens (including phenoxy) is 1. The average molecular weight is 309 g/mol. The number of hydrogen-bond donors (Lipinski definition) is 0. The van der Waals surface area contributed by atoms with Crippen LogP contribution in [0, 0.1) is 0 Å². The van der Waals surface area contributed by atoms with Crippen molar-refractivity contribution in [3.8, 4) is 11.1 Å². The molecule has 1 heterocycles. The molecule has 0 unspecified atom stereocenters. The van der Waals surface area contributed by atoms with Crippen molar-refractivity contribution >= 4 is 11.9 Å². The van der Waals surface area contributed by atoms with Crippen LogP contribution in [0.25, 0.3) is 11.1 Å². The highest BCUT2D eigenvalue weighted by Gasteiger charge is 2.35. The highest BCUT2D eigenvalue weighted by Crippen LogP contribution is 2.23. The topological polar surface area (TPSA) is 46.6 Å². The second kappa shape index (κ2) is 6.65. The number of amides is 1. The summed E-state index contributed by atoms with van der Waals surface area (Å²) in [7, 11) is 1.36. The molecule has 2 aromatic rings. The van der Waals surface area contributed by atoms with Crippen LogP contribution < -0.4 is 0 Å². The van der Waals surface area contributed by atoms with Gasteiger partial charge in [-0.05, 0) is 36.1 Å². The number of rotatable bonds is 3. The summed E-state index contributed by atoms with van der Waals surface area (Å²) in [6.45, 7) is 0.596. The lowest BCUT2D eigenvalue weighted by molar-refractivity contribution is -0.145. The maximum Gasteiger partial charge on any atom is 0.328 e. The van der Waals surface area contributed by atoms with Gasteiger partial charge in [-0.3, -0.25) is 4.79 Å². The van der Waals surface area contributed by atoms with E-state index in [9.17, 15) is 9.59 Å². The van der Waals surface area contributed by atoms with E-state index in [-0.39, 0.29) is 11.9 Å². The van der Waals surface area contributed by atoms with Gasteiger partial charge in [-0.15, -0.1) is 0 Å². The van der Waals surface area contributed by atoms with Crippen LogP contribution in [0.3, 0.4) is 0 Å². The smallest absolute Gasteiger partial charge is 0.328 e. The van der Waals surface area contributed by atoms with E-state index in [1.807, 2.05) is 54.6 Å². The Bertz CT molecular complexity index is 694. The molecule has 118 valence electrons. The van der Waals surface area contributed by atoms with Crippen LogP contribution in [0.1, 0.15) is 23.2 Å². The quantitative estimate of drug-likeness (QED) is 0.818. The zero-order chi connectivity index (χ0) is 16.2. The summed E-state index contributed by atoms with van der Waals surface area (Å²) in [5, 5.41) is 0. The Balaban J connectivity index is 1.79. The van der Waals surface area contributed by atoms with Gasteiger partial charge in [-0.1, -0.05) is 42.5 Å². The van der Waals surface area contributed by atoms with Crippen molar-refractivity contribution in [1.29, 1.82) is 0 Å². The number of carbonyl (C=O) groups is 2. The molecule has 1 amide bonds. The van der Waals surface area contributed by atoms with Gasteiger partial charge in [0.2, 0.25) is 0 Å². The molecule has 0 bridgehead atoms. The fraction of sp³-hybridized carbons (Fsp3) is 0.263. The normalized spacial score (nSPS) is 17.1. The molecule has 1 aliphatic heterocycles. The Hall–Kier alpha value is -2.62. The third-order valence-electron chi connectivity index (χ3n) is 4.23. The van der Waals surface area contributed by atoms with Crippen molar-refractivity contribution in [3.63, 3.8) is 0 Å². The number of hydrogen-bond acceptors (Lipinski definition) is 3. The van der Waals surface area contributed by atoms with Crippen LogP contribution in [-0.2, 0) is 9.53 Å². The van der Waals surface area contributed by atoms with E-state index in [0.717, 1.165) is 17.5 Å². The molecule has 4 nitrogen and oxygen atoms in total. The largest absolute Gasteiger partial charge is 0.467 e. The fourth-order valence-electron chi connectivity index (χ4n) is 2.99. The first-order chi connectivity index (χ1) is 11.2. The average Bonchev–Trinajstić information content (AvgIpc) is 3.11. The van der Waals surface area contributed by atoms with Gasteiger partial charge in [0.15, 0.2) is 0 Å². The molecule has 1 fully saturated rings. The highest BCUT2D eigenvalue weighted by atomic mass is 16.5. The van der Waals surface area contributed by atoms with Gasteiger partial charge in [0.1, 0.15) is 6.04 Å². The Labute approximate surface area is 135 Å². The van der Waals surface area contributed by atoms with Gasteiger partial charge in [0, 0.05) is 12.1 Å². The van der Waals surface area contributed by atoms with Crippen LogP contribution in [0.4, 0.5) is 0 Å². The van der Waals surface area contributed by atoms with E-state index in [4.69, 9.17) is 4.74 Å². The summed E-state index contributed by atoms with van der Waals surface area (Å²) < 4.78 is 4.79. The third kappa shape index (κ3) is 3.11. The molecule has 0 aromatic heterocycles. The summed E-state index contributed by atoms with van der Waals surface area (Å²) in [5.74, 6) is -0.450. The lowest BCUT2D eigenvalue weighted by atomic mass is 10.0. The second-order valence-electron chi connectivity index (χ2n) is 5.62. The number of benzene rings is 2. The molecular formula is C19H19NO3. The molecule has 3 rings (SSSR count). The molecule has 1 aliphatic rings. The summed E-state index contributed by atoms with van der Waals surface area (Å²) in [4.78, 5) is 26.0. The van der Waals surface area contributed by atoms with Crippen LogP contribution in [-0.4, -0.2) is 36.5 Å². The predicted octanol–water partition coefficient (Wildman–Crippen LogP) is 3.13. The van der Waals surface area contributed by atoms with Crippen molar-refractivity contribution in [2.24, 2.45) is 0 Å². The van der Waals surface area contributed by atoms with E-state index in [1.54, 1.807) is 4.90 Å². The minimum atomic E-state index is -0.457. The molecule has 0 radical (unpaired) electrons. The van der Waals surface area contributed by atoms with Gasteiger partial charge < -0.3 is 9.64 Å². The Morgan fingerprint density at radius 3 is 2.30 bits per heavy atom. The fourth-order valence-corrected chi connectivity index (χ4v) is 2.99. The molecule has 4 heteroatoms. The third-order valence-corrected chi connectivity index (χ3v) is 4.23. The molecule has 23 heavy (non-hydrogen) atoms. The molecule has 0 spiro atoms. The van der Waals surface area contributed by atoms with Gasteiger partial charge in [0.25, 0.3) is 5.91 Å². The molecular weight excluding hydrogens is 290 g/mol. The van der Waals surface area contributed by atoms with E-state index >= 15 is 0 Å². The van der Waals surface area contributed by atoms with Crippen molar-refractivity contribution < 1.29 is 14.3 Å². The van der Waals surface area contributed by atoms with Gasteiger partial charge in [0.05, 0.1) is 7.11 Å². The summed E-state index contributed by atoms with van der Waals surface area (Å²) in [6, 6.07) is 17.1. The first kappa shape index (κ1) is 15.3. The van der Waals surface area contributed by atoms with Crippen molar-refractivity contribution in [2.45, 2.75) is 18.9 Å². The van der Waals surface area contributed by atoms with E-state index < -0.39 is 6.04 Å². The van der Waals surface area contributed by atoms with Crippen LogP contribution in [0.5, 0.6) is 0 Å². The molecule has 0 aliphatic carbocycles. The molecule has 0 saturated carbocycles. The Kier molecular flexibility index (Phi) is 4.42. The van der Waals surface area contributed by atoms with E-state index in [2.05, 4.69) is 0 Å². The second-order valence-corrected chi connectivity index (χ2v) is 5.62. The van der Waals surface area contributed by atoms with E-state index in [1.165, 1.54) is 7.11 Å². The van der Waals surface area contributed by atoms with Gasteiger partial charge >= 0.3 is 5.97 Å². The highest BCUT2D eigenvalue weighted by molar-refractivity contribution is 5.97. The Morgan fingerprint density at radius 1 is 1.00 bits per heavy atom. The number of carbonyl (C=O) groups excluding carboxylic acids is 2. The predicted molar refractivity (Wildman–Crippen MR) is 88.0 cm³/mol. The maximum absolute atomic E-state index is 12.6. The van der Waals surface area contributed by atoms with Crippen molar-refractivity contribution in [3.05, 3.63) is 60.2 Å². The number of likely N-dealkylation sites (tertiary alicyclic amines) is 1. The van der Waals surface area contributed by atoms with Gasteiger partial charge in [-0.25, -0.2) is 4.79 Å². The van der Waals surface area contributed by atoms with Crippen molar-refractivity contribution in [2.75, 3.05) is 13.7 Å². The number of methoxy groups -OCH3 is 1. The standard InChI is InChI=1S/C19H19NO3/c1-23-19(22)17-8-5-13-20(17)18(21)16-11-9-15(10-12-16)14-6-3-2-4-7-14/h2-4,6-7,9-12,17H,5,8,13H2,1H3/t17-/m0/s1. The minimum absolute atomic E-state index is 0.113.